The number of aromatic nitrogens is 4. The summed E-state index contributed by atoms with van der Waals surface area (Å²) in [5.41, 5.74) is 6.85. The molecule has 0 aliphatic rings. The number of nitrogen functional groups attached to an aromatic ring is 1. The normalized spacial score (nSPS) is 10.9. The summed E-state index contributed by atoms with van der Waals surface area (Å²) in [4.78, 5) is 7.97. The maximum absolute atomic E-state index is 13.1. The fourth-order valence-corrected chi connectivity index (χ4v) is 1.66. The Balaban J connectivity index is 2.28. The van der Waals surface area contributed by atoms with Gasteiger partial charge in [0, 0.05) is 0 Å². The molecule has 0 unspecified atom stereocenters. The molecule has 0 amide bonds. The van der Waals surface area contributed by atoms with E-state index in [1.54, 1.807) is 18.3 Å². The Kier molecular flexibility index (Phi) is 2.01. The van der Waals surface area contributed by atoms with Gasteiger partial charge in [0.15, 0.2) is 5.65 Å². The fraction of sp³-hybridized carbons (Fsp3) is 0. The molecule has 0 atom stereocenters. The smallest absolute Gasteiger partial charge is 0.168 e. The quantitative estimate of drug-likeness (QED) is 0.687. The number of benzene rings is 1. The lowest BCUT2D eigenvalue weighted by molar-refractivity contribution is 0.625. The van der Waals surface area contributed by atoms with E-state index in [9.17, 15) is 4.39 Å². The molecule has 2 heterocycles. The second-order valence-electron chi connectivity index (χ2n) is 3.53. The van der Waals surface area contributed by atoms with Crippen molar-refractivity contribution >= 4 is 16.9 Å². The Morgan fingerprint density at radius 1 is 1.24 bits per heavy atom. The minimum Gasteiger partial charge on any atom is -0.383 e. The molecule has 5 nitrogen and oxygen atoms in total. The summed E-state index contributed by atoms with van der Waals surface area (Å²) >= 11 is 0. The maximum atomic E-state index is 13.1. The number of rotatable bonds is 1. The van der Waals surface area contributed by atoms with Gasteiger partial charge in [-0.05, 0) is 18.2 Å². The lowest BCUT2D eigenvalue weighted by Gasteiger charge is -2.02. The third-order valence-electron chi connectivity index (χ3n) is 2.45. The van der Waals surface area contributed by atoms with Crippen LogP contribution in [0.5, 0.6) is 0 Å². The van der Waals surface area contributed by atoms with Gasteiger partial charge in [-0.15, -0.1) is 0 Å². The average molecular weight is 229 g/mol. The Morgan fingerprint density at radius 3 is 2.94 bits per heavy atom. The highest BCUT2D eigenvalue weighted by Gasteiger charge is 2.09. The highest BCUT2D eigenvalue weighted by Crippen LogP contribution is 2.19. The van der Waals surface area contributed by atoms with E-state index < -0.39 is 0 Å². The summed E-state index contributed by atoms with van der Waals surface area (Å²) in [5.74, 6) is 0.0332. The number of anilines is 1. The van der Waals surface area contributed by atoms with Crippen LogP contribution in [0, 0.1) is 5.82 Å². The third-order valence-corrected chi connectivity index (χ3v) is 2.45. The number of hydrogen-bond acceptors (Lipinski definition) is 4. The average Bonchev–Trinajstić information content (AvgIpc) is 2.74. The van der Waals surface area contributed by atoms with Gasteiger partial charge in [-0.25, -0.2) is 19.0 Å². The zero-order chi connectivity index (χ0) is 11.8. The molecule has 17 heavy (non-hydrogen) atoms. The van der Waals surface area contributed by atoms with E-state index in [2.05, 4.69) is 15.1 Å². The van der Waals surface area contributed by atoms with E-state index in [1.807, 2.05) is 0 Å². The first-order valence-electron chi connectivity index (χ1n) is 4.96. The van der Waals surface area contributed by atoms with E-state index in [4.69, 9.17) is 5.73 Å². The molecular formula is C11H8FN5. The van der Waals surface area contributed by atoms with E-state index in [1.165, 1.54) is 23.1 Å². The van der Waals surface area contributed by atoms with E-state index >= 15 is 0 Å². The van der Waals surface area contributed by atoms with Gasteiger partial charge in [0.05, 0.1) is 17.3 Å². The van der Waals surface area contributed by atoms with Crippen molar-refractivity contribution in [2.45, 2.75) is 0 Å². The number of fused-ring (bicyclic) bond motifs is 1. The van der Waals surface area contributed by atoms with Crippen LogP contribution in [-0.2, 0) is 0 Å². The Bertz CT molecular complexity index is 691. The number of hydrogen-bond donors (Lipinski definition) is 1. The van der Waals surface area contributed by atoms with Gasteiger partial charge in [-0.1, -0.05) is 6.07 Å². The molecular weight excluding hydrogens is 221 g/mol. The zero-order valence-corrected chi connectivity index (χ0v) is 8.71. The second kappa shape index (κ2) is 3.51. The summed E-state index contributed by atoms with van der Waals surface area (Å²) in [5, 5.41) is 4.78. The molecule has 0 aliphatic heterocycles. The van der Waals surface area contributed by atoms with E-state index in [0.717, 1.165) is 0 Å². The lowest BCUT2D eigenvalue weighted by atomic mass is 10.3. The molecule has 0 fully saturated rings. The summed E-state index contributed by atoms with van der Waals surface area (Å²) in [6.45, 7) is 0. The first-order valence-corrected chi connectivity index (χ1v) is 4.96. The van der Waals surface area contributed by atoms with Crippen LogP contribution in [0.15, 0.2) is 36.8 Å². The number of halogens is 1. The molecule has 0 saturated carbocycles. The zero-order valence-electron chi connectivity index (χ0n) is 8.71. The first kappa shape index (κ1) is 9.71. The molecule has 0 bridgehead atoms. The van der Waals surface area contributed by atoms with Crippen molar-refractivity contribution in [3.05, 3.63) is 42.6 Å². The van der Waals surface area contributed by atoms with Crippen molar-refractivity contribution in [3.8, 4) is 5.69 Å². The molecule has 84 valence electrons. The van der Waals surface area contributed by atoms with Crippen molar-refractivity contribution < 1.29 is 4.39 Å². The van der Waals surface area contributed by atoms with Gasteiger partial charge in [0.1, 0.15) is 18.0 Å². The van der Waals surface area contributed by atoms with Crippen molar-refractivity contribution in [2.75, 3.05) is 5.73 Å². The fourth-order valence-electron chi connectivity index (χ4n) is 1.66. The van der Waals surface area contributed by atoms with Gasteiger partial charge >= 0.3 is 0 Å². The monoisotopic (exact) mass is 229 g/mol. The molecule has 0 aliphatic carbocycles. The number of nitrogens with two attached hydrogens (primary N) is 1. The van der Waals surface area contributed by atoms with Gasteiger partial charge < -0.3 is 5.73 Å². The molecule has 0 radical (unpaired) electrons. The van der Waals surface area contributed by atoms with Gasteiger partial charge in [-0.3, -0.25) is 0 Å². The van der Waals surface area contributed by atoms with Crippen LogP contribution in [0.3, 0.4) is 0 Å². The molecule has 6 heteroatoms. The highest BCUT2D eigenvalue weighted by atomic mass is 19.1. The number of nitrogens with zero attached hydrogens (tertiary/aromatic N) is 4. The molecule has 3 rings (SSSR count). The largest absolute Gasteiger partial charge is 0.383 e. The predicted molar refractivity (Wildman–Crippen MR) is 61.0 cm³/mol. The van der Waals surface area contributed by atoms with Crippen LogP contribution in [-0.4, -0.2) is 19.7 Å². The molecule has 2 N–H and O–H groups in total. The Labute approximate surface area is 95.7 Å². The van der Waals surface area contributed by atoms with E-state index in [-0.39, 0.29) is 5.82 Å². The summed E-state index contributed by atoms with van der Waals surface area (Å²) < 4.78 is 14.7. The van der Waals surface area contributed by atoms with Crippen molar-refractivity contribution in [3.63, 3.8) is 0 Å². The summed E-state index contributed by atoms with van der Waals surface area (Å²) in [6.07, 6.45) is 2.92. The molecule has 3 aromatic rings. The minimum atomic E-state index is -0.326. The molecule has 1 aromatic carbocycles. The maximum Gasteiger partial charge on any atom is 0.168 e. The summed E-state index contributed by atoms with van der Waals surface area (Å²) in [6, 6.07) is 6.11. The summed E-state index contributed by atoms with van der Waals surface area (Å²) in [7, 11) is 0. The van der Waals surface area contributed by atoms with Crippen LogP contribution >= 0.6 is 0 Å². The topological polar surface area (TPSA) is 69.6 Å². The Morgan fingerprint density at radius 2 is 2.12 bits per heavy atom. The van der Waals surface area contributed by atoms with Crippen LogP contribution in [0.25, 0.3) is 16.7 Å². The molecule has 0 spiro atoms. The van der Waals surface area contributed by atoms with Gasteiger partial charge in [-0.2, -0.15) is 5.10 Å². The van der Waals surface area contributed by atoms with Gasteiger partial charge in [0.25, 0.3) is 0 Å². The minimum absolute atomic E-state index is 0.326. The van der Waals surface area contributed by atoms with Crippen LogP contribution in [0.4, 0.5) is 10.2 Å². The van der Waals surface area contributed by atoms with Crippen LogP contribution in [0.2, 0.25) is 0 Å². The predicted octanol–water partition coefficient (Wildman–Crippen LogP) is 1.54. The van der Waals surface area contributed by atoms with Crippen LogP contribution < -0.4 is 5.73 Å². The van der Waals surface area contributed by atoms with Crippen LogP contribution in [0.1, 0.15) is 0 Å². The first-order chi connectivity index (χ1) is 8.25. The van der Waals surface area contributed by atoms with Crippen molar-refractivity contribution in [1.29, 1.82) is 0 Å². The second-order valence-corrected chi connectivity index (χ2v) is 3.53. The third kappa shape index (κ3) is 1.50. The van der Waals surface area contributed by atoms with Crippen molar-refractivity contribution in [2.24, 2.45) is 0 Å². The molecule has 0 saturated heterocycles. The molecule has 2 aromatic heterocycles. The van der Waals surface area contributed by atoms with E-state index in [0.29, 0.717) is 22.5 Å². The lowest BCUT2D eigenvalue weighted by Crippen LogP contribution is -1.99. The standard InChI is InChI=1S/C11H8FN5/c12-7-2-1-3-8(4-7)17-11-9(5-16-17)10(13)14-6-15-11/h1-6H,(H2,13,14,15). The van der Waals surface area contributed by atoms with Crippen molar-refractivity contribution in [1.82, 2.24) is 19.7 Å². The highest BCUT2D eigenvalue weighted by molar-refractivity contribution is 5.85. The van der Waals surface area contributed by atoms with Gasteiger partial charge in [0.2, 0.25) is 0 Å². The SMILES string of the molecule is Nc1ncnc2c1cnn2-c1cccc(F)c1. The Hall–Kier alpha value is -2.50.